The third-order valence-electron chi connectivity index (χ3n) is 0.102. The zero-order valence-corrected chi connectivity index (χ0v) is 4.28. The van der Waals surface area contributed by atoms with Crippen molar-refractivity contribution in [1.82, 2.24) is 0 Å². The van der Waals surface area contributed by atoms with Gasteiger partial charge in [-0.15, -0.1) is 6.58 Å². The molecule has 0 spiro atoms. The quantitative estimate of drug-likeness (QED) is 0.389. The maximum atomic E-state index is 3.44. The Morgan fingerprint density at radius 1 is 2.00 bits per heavy atom. The summed E-state index contributed by atoms with van der Waals surface area (Å²) >= 11 is 0. The third kappa shape index (κ3) is 2.17. The molecule has 19 valence electrons. The van der Waals surface area contributed by atoms with Crippen molar-refractivity contribution in [2.45, 2.75) is 0 Å². The van der Waals surface area contributed by atoms with Gasteiger partial charge in [0.15, 0.2) is 0 Å². The Kier molecular flexibility index (Phi) is 3.31. The Labute approximate surface area is 31.1 Å². The summed E-state index contributed by atoms with van der Waals surface area (Å²) in [7, 11) is 3.91. The van der Waals surface area contributed by atoms with Crippen LogP contribution in [0.25, 0.3) is 0 Å². The lowest BCUT2D eigenvalue weighted by Crippen LogP contribution is -1.53. The summed E-state index contributed by atoms with van der Waals surface area (Å²) < 4.78 is 0. The van der Waals surface area contributed by atoms with Crippen LogP contribution in [0.4, 0.5) is 0 Å². The highest BCUT2D eigenvalue weighted by Gasteiger charge is 1.33. The second-order valence-electron chi connectivity index (χ2n) is 0.348. The van der Waals surface area contributed by atoms with E-state index in [0.29, 0.717) is 8.61 Å². The average molecular weight is 83.2 g/mol. The van der Waals surface area contributed by atoms with Gasteiger partial charge in [-0.1, -0.05) is 5.70 Å². The van der Waals surface area contributed by atoms with Gasteiger partial charge in [-0.05, 0) is 0 Å². The van der Waals surface area contributed by atoms with Crippen LogP contribution in [0.1, 0.15) is 0 Å². The van der Waals surface area contributed by atoms with Crippen molar-refractivity contribution in [2.75, 3.05) is 0 Å². The van der Waals surface area contributed by atoms with E-state index in [4.69, 9.17) is 0 Å². The highest BCUT2D eigenvalue weighted by molar-refractivity contribution is 6.65. The fourth-order valence-corrected chi connectivity index (χ4v) is 0. The Hall–Kier alpha value is 0.174. The summed E-state index contributed by atoms with van der Waals surface area (Å²) in [4.78, 5) is 0. The molecule has 4 heavy (non-hydrogen) atoms. The second-order valence-corrected chi connectivity index (χ2v) is 1.91. The van der Waals surface area contributed by atoms with Crippen LogP contribution in [0.3, 0.4) is 0 Å². The van der Waals surface area contributed by atoms with E-state index in [1.807, 2.05) is 5.70 Å². The van der Waals surface area contributed by atoms with Crippen LogP contribution >= 0.6 is 0 Å². The van der Waals surface area contributed by atoms with Crippen molar-refractivity contribution in [3.05, 3.63) is 12.3 Å². The molecule has 0 aromatic heterocycles. The highest BCUT2D eigenvalue weighted by atomic mass is 28.8. The molecule has 0 saturated heterocycles. The lowest BCUT2D eigenvalue weighted by molar-refractivity contribution is 2.62. The molecule has 0 amide bonds. The lowest BCUT2D eigenvalue weighted by Gasteiger charge is -1.40. The van der Waals surface area contributed by atoms with Gasteiger partial charge in [-0.2, -0.15) is 0 Å². The van der Waals surface area contributed by atoms with Crippen LogP contribution < -0.4 is 0 Å². The van der Waals surface area contributed by atoms with E-state index in [1.54, 1.807) is 0 Å². The van der Waals surface area contributed by atoms with E-state index >= 15 is 0 Å². The standard InChI is InChI=1S/C2H3Si2/c1-2-4-3/h2H,1H2. The predicted octanol–water partition coefficient (Wildman–Crippen LogP) is -0.0824. The van der Waals surface area contributed by atoms with Crippen LogP contribution in [0, 0.1) is 0 Å². The molecule has 0 nitrogen and oxygen atoms in total. The van der Waals surface area contributed by atoms with Gasteiger partial charge in [-0.25, -0.2) is 0 Å². The fraction of sp³-hybridized carbons (Fsp3) is 0. The van der Waals surface area contributed by atoms with Gasteiger partial charge in [0.1, 0.15) is 0 Å². The smallest absolute Gasteiger partial charge is 0.0236 e. The van der Waals surface area contributed by atoms with Gasteiger partial charge in [0.05, 0.1) is 0 Å². The Morgan fingerprint density at radius 3 is 2.25 bits per heavy atom. The third-order valence-corrected chi connectivity index (χ3v) is 0.919. The molecule has 0 bridgehead atoms. The molecular formula is C2H3Si2. The largest absolute Gasteiger partial charge is 0.104 e. The maximum absolute atomic E-state index is 3.44. The van der Waals surface area contributed by atoms with E-state index in [9.17, 15) is 0 Å². The highest BCUT2D eigenvalue weighted by Crippen LogP contribution is 1.31. The van der Waals surface area contributed by atoms with E-state index in [1.165, 1.54) is 0 Å². The first-order valence-electron chi connectivity index (χ1n) is 0.947. The Bertz CT molecular complexity index is 25.0. The lowest BCUT2D eigenvalue weighted by atomic mass is 11.3. The van der Waals surface area contributed by atoms with Crippen molar-refractivity contribution >= 4 is 17.9 Å². The molecule has 0 atom stereocenters. The minimum absolute atomic E-state index is 0.710. The molecule has 0 heterocycles. The van der Waals surface area contributed by atoms with Crippen molar-refractivity contribution in [3.63, 3.8) is 0 Å². The molecular weight excluding hydrogens is 80.2 g/mol. The van der Waals surface area contributed by atoms with Gasteiger partial charge in [-0.3, -0.25) is 0 Å². The van der Waals surface area contributed by atoms with Crippen LogP contribution in [0.5, 0.6) is 0 Å². The maximum Gasteiger partial charge on any atom is 0.0236 e. The first kappa shape index (κ1) is 4.17. The van der Waals surface area contributed by atoms with Gasteiger partial charge < -0.3 is 0 Å². The van der Waals surface area contributed by atoms with Crippen molar-refractivity contribution < 1.29 is 0 Å². The molecule has 0 aromatic carbocycles. The van der Waals surface area contributed by atoms with E-state index in [0.717, 1.165) is 0 Å². The first-order valence-corrected chi connectivity index (χ1v) is 3.52. The molecule has 0 N–H and O–H groups in total. The average Bonchev–Trinajstić information content (AvgIpc) is 1.37. The molecule has 0 unspecified atom stereocenters. The molecule has 0 fully saturated rings. The summed E-state index contributed by atoms with van der Waals surface area (Å²) in [5, 5.41) is 0. The topological polar surface area (TPSA) is 0 Å². The second kappa shape index (κ2) is 3.17. The monoisotopic (exact) mass is 83.0 g/mol. The van der Waals surface area contributed by atoms with E-state index in [2.05, 4.69) is 15.9 Å². The minimum atomic E-state index is 0.710. The zero-order valence-electron chi connectivity index (χ0n) is 2.28. The summed E-state index contributed by atoms with van der Waals surface area (Å²) in [6.45, 7) is 3.44. The van der Waals surface area contributed by atoms with Gasteiger partial charge >= 0.3 is 0 Å². The Morgan fingerprint density at radius 2 is 2.25 bits per heavy atom. The molecule has 0 aliphatic rings. The molecule has 0 aromatic rings. The van der Waals surface area contributed by atoms with Crippen molar-refractivity contribution in [1.29, 1.82) is 0 Å². The van der Waals surface area contributed by atoms with Crippen LogP contribution in [0.15, 0.2) is 12.3 Å². The number of hydrogen-bond acceptors (Lipinski definition) is 0. The van der Waals surface area contributed by atoms with Gasteiger partial charge in [0.2, 0.25) is 0 Å². The molecule has 2 heteroatoms. The van der Waals surface area contributed by atoms with Crippen LogP contribution in [-0.2, 0) is 0 Å². The molecule has 0 aliphatic carbocycles. The number of hydrogen-bond donors (Lipinski definition) is 0. The Balaban J connectivity index is 2.73. The van der Waals surface area contributed by atoms with Crippen molar-refractivity contribution in [2.24, 2.45) is 0 Å². The SMILES string of the molecule is C=C[Si]=[Si]. The molecule has 0 aliphatic heterocycles. The minimum Gasteiger partial charge on any atom is -0.104 e. The summed E-state index contributed by atoms with van der Waals surface area (Å²) in [6, 6.07) is 0. The normalized spacial score (nSPS) is 5.00. The summed E-state index contributed by atoms with van der Waals surface area (Å²) in [6.07, 6.45) is 0. The number of rotatable bonds is 1. The molecule has 0 saturated carbocycles. The molecule has 3 radical (unpaired) electrons. The van der Waals surface area contributed by atoms with Gasteiger partial charge in [0, 0.05) is 17.9 Å². The van der Waals surface area contributed by atoms with E-state index < -0.39 is 0 Å². The van der Waals surface area contributed by atoms with Gasteiger partial charge in [0.25, 0.3) is 0 Å². The first-order chi connectivity index (χ1) is 1.91. The predicted molar refractivity (Wildman–Crippen MR) is 21.7 cm³/mol. The van der Waals surface area contributed by atoms with Crippen molar-refractivity contribution in [3.8, 4) is 0 Å². The summed E-state index contributed by atoms with van der Waals surface area (Å²) in [5.74, 6) is 0. The zero-order chi connectivity index (χ0) is 3.41. The van der Waals surface area contributed by atoms with Crippen LogP contribution in [-0.4, -0.2) is 17.9 Å². The summed E-state index contributed by atoms with van der Waals surface area (Å²) in [5.41, 5.74) is 1.82. The van der Waals surface area contributed by atoms with E-state index in [-0.39, 0.29) is 0 Å². The fourth-order valence-electron chi connectivity index (χ4n) is 0. The molecule has 0 rings (SSSR count). The van der Waals surface area contributed by atoms with Crippen LogP contribution in [0.2, 0.25) is 0 Å².